The second kappa shape index (κ2) is 6.34. The lowest BCUT2D eigenvalue weighted by Gasteiger charge is -2.24. The lowest BCUT2D eigenvalue weighted by Crippen LogP contribution is -2.21. The molecule has 1 aliphatic carbocycles. The minimum Gasteiger partial charge on any atom is -0.371 e. The number of hydrogen-bond donors (Lipinski definition) is 2. The summed E-state index contributed by atoms with van der Waals surface area (Å²) in [7, 11) is 0. The van der Waals surface area contributed by atoms with Crippen LogP contribution in [-0.4, -0.2) is 30.5 Å². The van der Waals surface area contributed by atoms with Crippen LogP contribution in [0.1, 0.15) is 46.8 Å². The number of aliphatic hydroxyl groups is 1. The van der Waals surface area contributed by atoms with Gasteiger partial charge in [-0.3, -0.25) is 4.79 Å². The number of rotatable bonds is 2. The first kappa shape index (κ1) is 18.2. The Morgan fingerprint density at radius 2 is 2.07 bits per heavy atom. The molecule has 8 heteroatoms. The molecule has 2 atom stereocenters. The zero-order valence-corrected chi connectivity index (χ0v) is 15.9. The Labute approximate surface area is 171 Å². The van der Waals surface area contributed by atoms with E-state index in [2.05, 4.69) is 26.8 Å². The summed E-state index contributed by atoms with van der Waals surface area (Å²) < 4.78 is 16.7. The summed E-state index contributed by atoms with van der Waals surface area (Å²) >= 11 is 0. The van der Waals surface area contributed by atoms with Gasteiger partial charge in [0.25, 0.3) is 5.91 Å². The van der Waals surface area contributed by atoms with Gasteiger partial charge < -0.3 is 15.4 Å². The van der Waals surface area contributed by atoms with Crippen LogP contribution in [0, 0.1) is 17.7 Å². The van der Waals surface area contributed by atoms with E-state index in [0.29, 0.717) is 17.0 Å². The molecule has 0 spiro atoms. The summed E-state index contributed by atoms with van der Waals surface area (Å²) in [4.78, 5) is 24.0. The Balaban J connectivity index is 1.63. The fourth-order valence-electron chi connectivity index (χ4n) is 3.68. The van der Waals surface area contributed by atoms with E-state index in [1.807, 2.05) is 10.6 Å². The van der Waals surface area contributed by atoms with Crippen molar-refractivity contribution in [3.05, 3.63) is 71.3 Å². The highest BCUT2D eigenvalue weighted by atomic mass is 19.1. The third kappa shape index (κ3) is 2.79. The van der Waals surface area contributed by atoms with E-state index >= 15 is 0 Å². The van der Waals surface area contributed by atoms with E-state index in [9.17, 15) is 14.3 Å². The molecule has 1 aromatic carbocycles. The van der Waals surface area contributed by atoms with Crippen molar-refractivity contribution < 1.29 is 14.3 Å². The summed E-state index contributed by atoms with van der Waals surface area (Å²) in [6.45, 7) is 1.45. The number of amides is 1. The molecular weight excluding hydrogens is 385 g/mol. The lowest BCUT2D eigenvalue weighted by atomic mass is 9.86. The van der Waals surface area contributed by atoms with Crippen LogP contribution < -0.4 is 5.73 Å². The van der Waals surface area contributed by atoms with Gasteiger partial charge in [0, 0.05) is 24.2 Å². The largest absolute Gasteiger partial charge is 0.371 e. The minimum absolute atomic E-state index is 0.0524. The molecule has 2 bridgehead atoms. The van der Waals surface area contributed by atoms with Gasteiger partial charge in [0.05, 0.1) is 11.6 Å². The number of imidazole rings is 1. The first-order valence-corrected chi connectivity index (χ1v) is 9.30. The second-order valence-electron chi connectivity index (χ2n) is 7.46. The molecule has 7 nitrogen and oxygen atoms in total. The summed E-state index contributed by atoms with van der Waals surface area (Å²) in [5.74, 6) is 4.89. The maximum atomic E-state index is 14.8. The highest BCUT2D eigenvalue weighted by molar-refractivity contribution is 5.93. The monoisotopic (exact) mass is 401 g/mol. The predicted molar refractivity (Wildman–Crippen MR) is 106 cm³/mol. The quantitative estimate of drug-likeness (QED) is 0.640. The standard InChI is InChI=1S/C22H16FN5O2/c1-22(30,21-25-5-2-6-26-21)4-3-12-9-16-15(10-17(12)23)13-7-14(8-13)28-11-18(19(24)29)27-20(16)28/h2,5-7,9-11,14,30H,8H2,1H3,(H2,24,29). The molecule has 2 aromatic heterocycles. The van der Waals surface area contributed by atoms with Gasteiger partial charge >= 0.3 is 0 Å². The van der Waals surface area contributed by atoms with Crippen LogP contribution in [0.5, 0.6) is 0 Å². The maximum absolute atomic E-state index is 14.8. The topological polar surface area (TPSA) is 107 Å². The fraction of sp³-hybridized carbons (Fsp3) is 0.182. The second-order valence-corrected chi connectivity index (χ2v) is 7.46. The van der Waals surface area contributed by atoms with Gasteiger partial charge in [-0.2, -0.15) is 0 Å². The van der Waals surface area contributed by atoms with Gasteiger partial charge in [-0.15, -0.1) is 0 Å². The lowest BCUT2D eigenvalue weighted by molar-refractivity contribution is 0.0995. The third-order valence-electron chi connectivity index (χ3n) is 5.30. The SMILES string of the molecule is CC(O)(C#Cc1cc2c(cc1F)C1=CC(C1)n1cc(C(N)=O)nc1-2)c1ncccn1. The number of aromatic nitrogens is 4. The Kier molecular flexibility index (Phi) is 3.85. The first-order valence-electron chi connectivity index (χ1n) is 9.30. The normalized spacial score (nSPS) is 17.8. The Hall–Kier alpha value is -3.83. The van der Waals surface area contributed by atoms with E-state index in [0.717, 1.165) is 12.0 Å². The molecule has 0 saturated heterocycles. The molecule has 148 valence electrons. The van der Waals surface area contributed by atoms with Crippen molar-refractivity contribution in [3.8, 4) is 23.2 Å². The first-order chi connectivity index (χ1) is 14.3. The van der Waals surface area contributed by atoms with Crippen molar-refractivity contribution in [2.75, 3.05) is 0 Å². The molecule has 2 unspecified atom stereocenters. The summed E-state index contributed by atoms with van der Waals surface area (Å²) in [5.41, 5.74) is 6.39. The van der Waals surface area contributed by atoms with Gasteiger partial charge in [-0.1, -0.05) is 17.9 Å². The fourth-order valence-corrected chi connectivity index (χ4v) is 3.68. The van der Waals surface area contributed by atoms with Gasteiger partial charge in [0.2, 0.25) is 0 Å². The average Bonchev–Trinajstić information content (AvgIpc) is 3.03. The van der Waals surface area contributed by atoms with Crippen LogP contribution in [0.2, 0.25) is 0 Å². The van der Waals surface area contributed by atoms with Crippen molar-refractivity contribution in [3.63, 3.8) is 0 Å². The summed E-state index contributed by atoms with van der Waals surface area (Å²) in [5, 5.41) is 10.6. The molecule has 2 aliphatic heterocycles. The van der Waals surface area contributed by atoms with Crippen molar-refractivity contribution in [1.29, 1.82) is 0 Å². The van der Waals surface area contributed by atoms with Crippen LogP contribution in [0.4, 0.5) is 4.39 Å². The smallest absolute Gasteiger partial charge is 0.268 e. The van der Waals surface area contributed by atoms with E-state index in [1.54, 1.807) is 18.3 Å². The molecule has 1 amide bonds. The number of primary amides is 1. The van der Waals surface area contributed by atoms with Crippen LogP contribution in [0.25, 0.3) is 17.0 Å². The summed E-state index contributed by atoms with van der Waals surface area (Å²) in [6, 6.07) is 4.69. The van der Waals surface area contributed by atoms with Crippen LogP contribution in [0.15, 0.2) is 42.9 Å². The molecule has 0 saturated carbocycles. The molecule has 3 aliphatic rings. The summed E-state index contributed by atoms with van der Waals surface area (Å²) in [6.07, 6.45) is 7.36. The number of carbonyl (C=O) groups excluding carboxylic acids is 1. The highest BCUT2D eigenvalue weighted by Gasteiger charge is 2.33. The van der Waals surface area contributed by atoms with Crippen molar-refractivity contribution in [2.24, 2.45) is 5.73 Å². The molecule has 0 fully saturated rings. The third-order valence-corrected chi connectivity index (χ3v) is 5.30. The molecule has 3 aromatic rings. The molecule has 0 radical (unpaired) electrons. The number of nitrogens with zero attached hydrogens (tertiary/aromatic N) is 4. The average molecular weight is 401 g/mol. The minimum atomic E-state index is -1.65. The number of allylic oxidation sites excluding steroid dienone is 2. The maximum Gasteiger partial charge on any atom is 0.268 e. The van der Waals surface area contributed by atoms with Crippen molar-refractivity contribution in [2.45, 2.75) is 25.0 Å². The Bertz CT molecular complexity index is 1300. The van der Waals surface area contributed by atoms with E-state index in [-0.39, 0.29) is 23.1 Å². The Morgan fingerprint density at radius 1 is 1.33 bits per heavy atom. The van der Waals surface area contributed by atoms with E-state index < -0.39 is 17.3 Å². The van der Waals surface area contributed by atoms with Gasteiger partial charge in [-0.25, -0.2) is 19.3 Å². The van der Waals surface area contributed by atoms with Gasteiger partial charge in [-0.05, 0) is 42.7 Å². The molecule has 30 heavy (non-hydrogen) atoms. The van der Waals surface area contributed by atoms with Crippen molar-refractivity contribution in [1.82, 2.24) is 19.5 Å². The van der Waals surface area contributed by atoms with Crippen LogP contribution >= 0.6 is 0 Å². The zero-order valence-electron chi connectivity index (χ0n) is 15.9. The molecule has 3 N–H and O–H groups in total. The predicted octanol–water partition coefficient (Wildman–Crippen LogP) is 2.18. The van der Waals surface area contributed by atoms with Crippen LogP contribution in [-0.2, 0) is 5.60 Å². The van der Waals surface area contributed by atoms with E-state index in [4.69, 9.17) is 5.73 Å². The van der Waals surface area contributed by atoms with Gasteiger partial charge in [0.1, 0.15) is 17.3 Å². The molecule has 6 rings (SSSR count). The number of benzene rings is 1. The number of halogens is 1. The van der Waals surface area contributed by atoms with Crippen molar-refractivity contribution >= 4 is 11.5 Å². The number of nitrogens with two attached hydrogens (primary N) is 1. The Morgan fingerprint density at radius 3 is 2.77 bits per heavy atom. The van der Waals surface area contributed by atoms with E-state index in [1.165, 1.54) is 25.4 Å². The highest BCUT2D eigenvalue weighted by Crippen LogP contribution is 2.47. The number of hydrogen-bond acceptors (Lipinski definition) is 5. The number of carbonyl (C=O) groups is 1. The molecular formula is C22H16FN5O2. The molecule has 4 heterocycles. The van der Waals surface area contributed by atoms with Gasteiger partial charge in [0.15, 0.2) is 11.4 Å². The van der Waals surface area contributed by atoms with Crippen LogP contribution in [0.3, 0.4) is 0 Å². The zero-order chi connectivity index (χ0) is 21.0.